The molecule has 1 aliphatic carbocycles. The Hall–Kier alpha value is -2.28. The Labute approximate surface area is 189 Å². The van der Waals surface area contributed by atoms with Gasteiger partial charge in [0.25, 0.3) is 5.91 Å². The minimum Gasteiger partial charge on any atom is -0.497 e. The molecule has 8 heteroatoms. The lowest BCUT2D eigenvalue weighted by molar-refractivity contribution is 0.0728. The number of hydrogen-bond donors (Lipinski definition) is 0. The summed E-state index contributed by atoms with van der Waals surface area (Å²) in [5.74, 6) is 1.26. The van der Waals surface area contributed by atoms with Crippen molar-refractivity contribution in [2.24, 2.45) is 0 Å². The summed E-state index contributed by atoms with van der Waals surface area (Å²) in [4.78, 5) is 19.6. The molecule has 0 unspecified atom stereocenters. The molecule has 1 fully saturated rings. The number of thiazole rings is 1. The second-order valence-electron chi connectivity index (χ2n) is 6.99. The van der Waals surface area contributed by atoms with E-state index in [9.17, 15) is 4.79 Å². The van der Waals surface area contributed by atoms with E-state index in [0.29, 0.717) is 34.5 Å². The highest BCUT2D eigenvalue weighted by atomic mass is 35.5. The van der Waals surface area contributed by atoms with Gasteiger partial charge in [-0.1, -0.05) is 23.2 Å². The van der Waals surface area contributed by atoms with Gasteiger partial charge in [-0.3, -0.25) is 4.79 Å². The van der Waals surface area contributed by atoms with Gasteiger partial charge in [-0.25, -0.2) is 4.98 Å². The lowest BCUT2D eigenvalue weighted by Gasteiger charge is -2.21. The molecule has 1 amide bonds. The zero-order chi connectivity index (χ0) is 21.1. The lowest BCUT2D eigenvalue weighted by atomic mass is 10.2. The number of ether oxygens (including phenoxy) is 2. The summed E-state index contributed by atoms with van der Waals surface area (Å²) >= 11 is 13.6. The Morgan fingerprint density at radius 2 is 1.97 bits per heavy atom. The van der Waals surface area contributed by atoms with Crippen LogP contribution in [-0.4, -0.2) is 28.9 Å². The van der Waals surface area contributed by atoms with Crippen molar-refractivity contribution in [3.63, 3.8) is 0 Å². The molecule has 1 aromatic heterocycles. The van der Waals surface area contributed by atoms with E-state index >= 15 is 0 Å². The molecule has 0 saturated heterocycles. The Bertz CT molecular complexity index is 1040. The number of carbonyl (C=O) groups is 1. The van der Waals surface area contributed by atoms with Crippen molar-refractivity contribution in [3.05, 3.63) is 74.2 Å². The molecule has 0 spiro atoms. The molecule has 4 rings (SSSR count). The standard InChI is InChI=1S/C22H20Cl2N2O3S/c1-28-18-7-2-14(3-8-18)22(27)26(17-5-6-17)11-16-13-30-21(25-16)12-29-20-10-15(23)4-9-19(20)24/h2-4,7-10,13,17H,5-6,11-12H2,1H3. The van der Waals surface area contributed by atoms with Crippen molar-refractivity contribution in [1.82, 2.24) is 9.88 Å². The van der Waals surface area contributed by atoms with Crippen LogP contribution in [0.15, 0.2) is 47.8 Å². The number of carbonyl (C=O) groups excluding carboxylic acids is 1. The number of amides is 1. The van der Waals surface area contributed by atoms with Crippen LogP contribution >= 0.6 is 34.5 Å². The van der Waals surface area contributed by atoms with Gasteiger partial charge in [0.1, 0.15) is 23.1 Å². The van der Waals surface area contributed by atoms with Crippen LogP contribution in [0.1, 0.15) is 33.9 Å². The van der Waals surface area contributed by atoms with Crippen molar-refractivity contribution in [3.8, 4) is 11.5 Å². The number of hydrogen-bond acceptors (Lipinski definition) is 5. The lowest BCUT2D eigenvalue weighted by Crippen LogP contribution is -2.32. The van der Waals surface area contributed by atoms with Crippen molar-refractivity contribution in [1.29, 1.82) is 0 Å². The predicted molar refractivity (Wildman–Crippen MR) is 119 cm³/mol. The molecule has 1 heterocycles. The number of aromatic nitrogens is 1. The fraction of sp³-hybridized carbons (Fsp3) is 0.273. The molecule has 0 N–H and O–H groups in total. The predicted octanol–water partition coefficient (Wildman–Crippen LogP) is 5.84. The van der Waals surface area contributed by atoms with E-state index in [-0.39, 0.29) is 11.9 Å². The maximum Gasteiger partial charge on any atom is 0.254 e. The average molecular weight is 463 g/mol. The first kappa shape index (κ1) is 21.0. The van der Waals surface area contributed by atoms with Crippen molar-refractivity contribution < 1.29 is 14.3 Å². The minimum absolute atomic E-state index is 0.0108. The van der Waals surface area contributed by atoms with Gasteiger partial charge < -0.3 is 14.4 Å². The van der Waals surface area contributed by atoms with E-state index < -0.39 is 0 Å². The van der Waals surface area contributed by atoms with Gasteiger partial charge in [0.15, 0.2) is 0 Å². The van der Waals surface area contributed by atoms with Crippen LogP contribution in [0.25, 0.3) is 0 Å². The highest BCUT2D eigenvalue weighted by molar-refractivity contribution is 7.09. The number of nitrogens with zero attached hydrogens (tertiary/aromatic N) is 2. The third kappa shape index (κ3) is 5.06. The molecule has 1 aliphatic rings. The van der Waals surface area contributed by atoms with E-state index in [1.807, 2.05) is 10.3 Å². The van der Waals surface area contributed by atoms with Crippen LogP contribution in [0.4, 0.5) is 0 Å². The van der Waals surface area contributed by atoms with Gasteiger partial charge in [-0.2, -0.15) is 0 Å². The van der Waals surface area contributed by atoms with Crippen LogP contribution in [0.3, 0.4) is 0 Å². The van der Waals surface area contributed by atoms with E-state index in [4.69, 9.17) is 32.7 Å². The van der Waals surface area contributed by atoms with Gasteiger partial charge in [0, 0.05) is 28.1 Å². The first-order chi connectivity index (χ1) is 14.5. The van der Waals surface area contributed by atoms with E-state index in [1.165, 1.54) is 11.3 Å². The largest absolute Gasteiger partial charge is 0.497 e. The Morgan fingerprint density at radius 3 is 2.67 bits per heavy atom. The molecular weight excluding hydrogens is 443 g/mol. The zero-order valence-electron chi connectivity index (χ0n) is 16.3. The van der Waals surface area contributed by atoms with Crippen LogP contribution in [0, 0.1) is 0 Å². The summed E-state index contributed by atoms with van der Waals surface area (Å²) in [7, 11) is 1.61. The smallest absolute Gasteiger partial charge is 0.254 e. The van der Waals surface area contributed by atoms with E-state index in [2.05, 4.69) is 4.98 Å². The van der Waals surface area contributed by atoms with Crippen molar-refractivity contribution in [2.45, 2.75) is 32.0 Å². The third-order valence-corrected chi connectivity index (χ3v) is 6.18. The zero-order valence-corrected chi connectivity index (χ0v) is 18.6. The maximum atomic E-state index is 13.0. The highest BCUT2D eigenvalue weighted by Gasteiger charge is 2.33. The topological polar surface area (TPSA) is 51.7 Å². The van der Waals surface area contributed by atoms with Crippen LogP contribution in [-0.2, 0) is 13.2 Å². The maximum absolute atomic E-state index is 13.0. The Kier molecular flexibility index (Phi) is 6.46. The average Bonchev–Trinajstić information content (AvgIpc) is 3.51. The molecule has 156 valence electrons. The normalized spacial score (nSPS) is 13.2. The molecule has 5 nitrogen and oxygen atoms in total. The summed E-state index contributed by atoms with van der Waals surface area (Å²) < 4.78 is 10.9. The van der Waals surface area contributed by atoms with E-state index in [1.54, 1.807) is 49.6 Å². The summed E-state index contributed by atoms with van der Waals surface area (Å²) in [5.41, 5.74) is 1.50. The van der Waals surface area contributed by atoms with Crippen molar-refractivity contribution in [2.75, 3.05) is 7.11 Å². The number of rotatable bonds is 8. The molecule has 2 aromatic carbocycles. The van der Waals surface area contributed by atoms with Crippen LogP contribution < -0.4 is 9.47 Å². The molecular formula is C22H20Cl2N2O3S. The van der Waals surface area contributed by atoms with Gasteiger partial charge in [0.2, 0.25) is 0 Å². The van der Waals surface area contributed by atoms with Gasteiger partial charge in [0.05, 0.1) is 24.4 Å². The molecule has 0 atom stereocenters. The third-order valence-electron chi connectivity index (χ3n) is 4.76. The van der Waals surface area contributed by atoms with Crippen LogP contribution in [0.5, 0.6) is 11.5 Å². The first-order valence-corrected chi connectivity index (χ1v) is 11.1. The molecule has 0 aliphatic heterocycles. The molecule has 30 heavy (non-hydrogen) atoms. The first-order valence-electron chi connectivity index (χ1n) is 9.49. The highest BCUT2D eigenvalue weighted by Crippen LogP contribution is 2.31. The molecule has 0 bridgehead atoms. The summed E-state index contributed by atoms with van der Waals surface area (Å²) in [5, 5.41) is 3.84. The van der Waals surface area contributed by atoms with Crippen molar-refractivity contribution >= 4 is 40.4 Å². The fourth-order valence-electron chi connectivity index (χ4n) is 3.04. The number of benzene rings is 2. The van der Waals surface area contributed by atoms with Crippen LogP contribution in [0.2, 0.25) is 10.0 Å². The number of halogens is 2. The second-order valence-corrected chi connectivity index (χ2v) is 8.78. The van der Waals surface area contributed by atoms with E-state index in [0.717, 1.165) is 29.3 Å². The summed E-state index contributed by atoms with van der Waals surface area (Å²) in [6.07, 6.45) is 2.05. The van der Waals surface area contributed by atoms with Gasteiger partial charge in [-0.05, 0) is 49.2 Å². The molecule has 1 saturated carbocycles. The molecule has 3 aromatic rings. The second kappa shape index (κ2) is 9.25. The fourth-order valence-corrected chi connectivity index (χ4v) is 4.07. The Balaban J connectivity index is 1.41. The monoisotopic (exact) mass is 462 g/mol. The summed E-state index contributed by atoms with van der Waals surface area (Å²) in [6, 6.07) is 12.6. The Morgan fingerprint density at radius 1 is 1.20 bits per heavy atom. The summed E-state index contributed by atoms with van der Waals surface area (Å²) in [6.45, 7) is 0.768. The number of methoxy groups -OCH3 is 1. The quantitative estimate of drug-likeness (QED) is 0.421. The SMILES string of the molecule is COc1ccc(C(=O)N(Cc2csc(COc3cc(Cl)ccc3Cl)n2)C2CC2)cc1. The van der Waals surface area contributed by atoms with Gasteiger partial charge in [-0.15, -0.1) is 11.3 Å². The minimum atomic E-state index is 0.0108. The van der Waals surface area contributed by atoms with Gasteiger partial charge >= 0.3 is 0 Å². The molecule has 0 radical (unpaired) electrons.